The van der Waals surface area contributed by atoms with Crippen LogP contribution < -0.4 is 15.8 Å². The third-order valence-electron chi connectivity index (χ3n) is 3.35. The van der Waals surface area contributed by atoms with Crippen LogP contribution in [-0.2, 0) is 10.0 Å². The number of sulfonamides is 1. The molecule has 1 saturated heterocycles. The SMILES string of the molecule is CC1(C)CCN(c2ccc(S(N)(=O)=O)cc2N)C1. The van der Waals surface area contributed by atoms with Gasteiger partial charge in [0.2, 0.25) is 10.0 Å². The van der Waals surface area contributed by atoms with Gasteiger partial charge in [-0.25, -0.2) is 13.6 Å². The minimum Gasteiger partial charge on any atom is -0.397 e. The van der Waals surface area contributed by atoms with Crippen LogP contribution >= 0.6 is 0 Å². The van der Waals surface area contributed by atoms with Gasteiger partial charge in [-0.1, -0.05) is 13.8 Å². The summed E-state index contributed by atoms with van der Waals surface area (Å²) in [6.07, 6.45) is 1.10. The van der Waals surface area contributed by atoms with Gasteiger partial charge in [0.1, 0.15) is 0 Å². The van der Waals surface area contributed by atoms with Crippen molar-refractivity contribution in [3.8, 4) is 0 Å². The fourth-order valence-corrected chi connectivity index (χ4v) is 2.86. The summed E-state index contributed by atoms with van der Waals surface area (Å²) in [4.78, 5) is 2.24. The average molecular weight is 269 g/mol. The van der Waals surface area contributed by atoms with Gasteiger partial charge in [-0.3, -0.25) is 0 Å². The Bertz CT molecular complexity index is 567. The highest BCUT2D eigenvalue weighted by Crippen LogP contribution is 2.35. The van der Waals surface area contributed by atoms with Gasteiger partial charge in [-0.15, -0.1) is 0 Å². The van der Waals surface area contributed by atoms with Crippen molar-refractivity contribution in [1.29, 1.82) is 0 Å². The Morgan fingerprint density at radius 3 is 2.44 bits per heavy atom. The lowest BCUT2D eigenvalue weighted by Gasteiger charge is -2.23. The lowest BCUT2D eigenvalue weighted by Crippen LogP contribution is -2.23. The van der Waals surface area contributed by atoms with E-state index in [1.807, 2.05) is 0 Å². The maximum absolute atomic E-state index is 11.2. The number of benzene rings is 1. The summed E-state index contributed by atoms with van der Waals surface area (Å²) in [5.41, 5.74) is 7.53. The number of nitrogens with two attached hydrogens (primary N) is 2. The quantitative estimate of drug-likeness (QED) is 0.788. The molecule has 1 aromatic rings. The number of hydrogen-bond donors (Lipinski definition) is 2. The molecule has 6 heteroatoms. The van der Waals surface area contributed by atoms with Crippen molar-refractivity contribution in [2.45, 2.75) is 25.2 Å². The van der Waals surface area contributed by atoms with Crippen molar-refractivity contribution >= 4 is 21.4 Å². The van der Waals surface area contributed by atoms with Crippen molar-refractivity contribution < 1.29 is 8.42 Å². The molecule has 0 bridgehead atoms. The molecule has 0 aromatic heterocycles. The normalized spacial score (nSPS) is 19.2. The van der Waals surface area contributed by atoms with Crippen LogP contribution in [0.25, 0.3) is 0 Å². The molecule has 18 heavy (non-hydrogen) atoms. The molecule has 1 fully saturated rings. The van der Waals surface area contributed by atoms with E-state index >= 15 is 0 Å². The summed E-state index contributed by atoms with van der Waals surface area (Å²) >= 11 is 0. The van der Waals surface area contributed by atoms with E-state index in [1.165, 1.54) is 12.1 Å². The number of rotatable bonds is 2. The molecule has 1 heterocycles. The summed E-state index contributed by atoms with van der Waals surface area (Å²) in [6.45, 7) is 6.28. The molecule has 0 unspecified atom stereocenters. The van der Waals surface area contributed by atoms with Crippen LogP contribution in [0.15, 0.2) is 23.1 Å². The lowest BCUT2D eigenvalue weighted by molar-refractivity contribution is 0.418. The first kappa shape index (κ1) is 13.2. The Morgan fingerprint density at radius 2 is 2.00 bits per heavy atom. The fraction of sp³-hybridized carbons (Fsp3) is 0.500. The predicted octanol–water partition coefficient (Wildman–Crippen LogP) is 1.15. The smallest absolute Gasteiger partial charge is 0.238 e. The van der Waals surface area contributed by atoms with Crippen LogP contribution in [0, 0.1) is 5.41 Å². The van der Waals surface area contributed by atoms with E-state index < -0.39 is 10.0 Å². The maximum atomic E-state index is 11.2. The molecule has 2 rings (SSSR count). The van der Waals surface area contributed by atoms with Crippen molar-refractivity contribution in [3.05, 3.63) is 18.2 Å². The largest absolute Gasteiger partial charge is 0.397 e. The minimum atomic E-state index is -3.69. The molecule has 0 radical (unpaired) electrons. The third-order valence-corrected chi connectivity index (χ3v) is 4.26. The Morgan fingerprint density at radius 1 is 1.33 bits per heavy atom. The highest BCUT2D eigenvalue weighted by atomic mass is 32.2. The average Bonchev–Trinajstić information content (AvgIpc) is 2.57. The minimum absolute atomic E-state index is 0.0576. The number of primary sulfonamides is 1. The molecule has 0 amide bonds. The van der Waals surface area contributed by atoms with Gasteiger partial charge in [0.25, 0.3) is 0 Å². The van der Waals surface area contributed by atoms with Crippen LogP contribution in [0.5, 0.6) is 0 Å². The molecular weight excluding hydrogens is 250 g/mol. The number of anilines is 2. The van der Waals surface area contributed by atoms with E-state index in [0.29, 0.717) is 5.69 Å². The van der Waals surface area contributed by atoms with Crippen LogP contribution in [0.1, 0.15) is 20.3 Å². The molecule has 0 aliphatic carbocycles. The second-order valence-corrected chi connectivity index (χ2v) is 7.16. The second-order valence-electron chi connectivity index (χ2n) is 5.60. The van der Waals surface area contributed by atoms with Gasteiger partial charge >= 0.3 is 0 Å². The Kier molecular flexibility index (Phi) is 3.03. The van der Waals surface area contributed by atoms with E-state index in [1.54, 1.807) is 6.07 Å². The molecule has 0 spiro atoms. The van der Waals surface area contributed by atoms with E-state index in [2.05, 4.69) is 18.7 Å². The van der Waals surface area contributed by atoms with Gasteiger partial charge in [0.05, 0.1) is 16.3 Å². The van der Waals surface area contributed by atoms with E-state index in [-0.39, 0.29) is 10.3 Å². The first-order valence-corrected chi connectivity index (χ1v) is 7.41. The van der Waals surface area contributed by atoms with Crippen molar-refractivity contribution in [2.75, 3.05) is 23.7 Å². The first-order valence-electron chi connectivity index (χ1n) is 5.86. The van der Waals surface area contributed by atoms with Gasteiger partial charge in [0, 0.05) is 13.1 Å². The Hall–Kier alpha value is -1.27. The van der Waals surface area contributed by atoms with Gasteiger partial charge < -0.3 is 10.6 Å². The lowest BCUT2D eigenvalue weighted by atomic mass is 9.93. The fourth-order valence-electron chi connectivity index (χ4n) is 2.32. The molecule has 100 valence electrons. The number of nitrogens with zero attached hydrogens (tertiary/aromatic N) is 1. The first-order chi connectivity index (χ1) is 8.19. The van der Waals surface area contributed by atoms with Gasteiger partial charge in [0.15, 0.2) is 0 Å². The predicted molar refractivity (Wildman–Crippen MR) is 72.8 cm³/mol. The molecule has 5 nitrogen and oxygen atoms in total. The molecule has 1 aliphatic rings. The molecule has 1 aromatic carbocycles. The highest BCUT2D eigenvalue weighted by molar-refractivity contribution is 7.89. The zero-order valence-electron chi connectivity index (χ0n) is 10.7. The van der Waals surface area contributed by atoms with Gasteiger partial charge in [-0.05, 0) is 30.0 Å². The summed E-state index contributed by atoms with van der Waals surface area (Å²) in [5, 5.41) is 5.08. The van der Waals surface area contributed by atoms with Crippen LogP contribution in [-0.4, -0.2) is 21.5 Å². The summed E-state index contributed by atoms with van der Waals surface area (Å²) in [7, 11) is -3.69. The zero-order valence-corrected chi connectivity index (χ0v) is 11.5. The van der Waals surface area contributed by atoms with E-state index in [0.717, 1.165) is 25.2 Å². The third kappa shape index (κ3) is 2.59. The maximum Gasteiger partial charge on any atom is 0.238 e. The molecule has 0 saturated carbocycles. The summed E-state index contributed by atoms with van der Waals surface area (Å²) < 4.78 is 22.5. The Labute approximate surface area is 108 Å². The monoisotopic (exact) mass is 269 g/mol. The number of hydrogen-bond acceptors (Lipinski definition) is 4. The van der Waals surface area contributed by atoms with Crippen LogP contribution in [0.3, 0.4) is 0 Å². The zero-order chi connectivity index (χ0) is 13.6. The summed E-state index contributed by atoms with van der Waals surface area (Å²) in [6, 6.07) is 4.67. The molecule has 1 aliphatic heterocycles. The van der Waals surface area contributed by atoms with Crippen molar-refractivity contribution in [3.63, 3.8) is 0 Å². The van der Waals surface area contributed by atoms with Crippen LogP contribution in [0.4, 0.5) is 11.4 Å². The van der Waals surface area contributed by atoms with Crippen LogP contribution in [0.2, 0.25) is 0 Å². The topological polar surface area (TPSA) is 89.4 Å². The molecule has 4 N–H and O–H groups in total. The summed E-state index contributed by atoms with van der Waals surface area (Å²) in [5.74, 6) is 0. The standard InChI is InChI=1S/C12H19N3O2S/c1-12(2)5-6-15(8-12)11-4-3-9(7-10(11)13)18(14,16)17/h3-4,7H,5-6,8,13H2,1-2H3,(H2,14,16,17). The Balaban J connectivity index is 2.32. The molecular formula is C12H19N3O2S. The molecule has 0 atom stereocenters. The number of nitrogen functional groups attached to an aromatic ring is 1. The van der Waals surface area contributed by atoms with Crippen molar-refractivity contribution in [2.24, 2.45) is 10.6 Å². The van der Waals surface area contributed by atoms with Gasteiger partial charge in [-0.2, -0.15) is 0 Å². The van der Waals surface area contributed by atoms with Crippen molar-refractivity contribution in [1.82, 2.24) is 0 Å². The van der Waals surface area contributed by atoms with E-state index in [4.69, 9.17) is 10.9 Å². The van der Waals surface area contributed by atoms with E-state index in [9.17, 15) is 8.42 Å². The highest BCUT2D eigenvalue weighted by Gasteiger charge is 2.30. The second kappa shape index (κ2) is 4.13.